The van der Waals surface area contributed by atoms with Crippen LogP contribution in [0.5, 0.6) is 11.5 Å². The molecule has 0 aliphatic rings. The molecule has 0 saturated heterocycles. The van der Waals surface area contributed by atoms with Crippen LogP contribution in [0.3, 0.4) is 0 Å². The maximum atomic E-state index is 5.31. The molecule has 1 heterocycles. The van der Waals surface area contributed by atoms with Gasteiger partial charge < -0.3 is 9.47 Å². The molecule has 3 rings (SSSR count). The van der Waals surface area contributed by atoms with Crippen LogP contribution in [-0.4, -0.2) is 30.1 Å². The molecule has 0 N–H and O–H groups in total. The first-order chi connectivity index (χ1) is 11.1. The van der Waals surface area contributed by atoms with Crippen molar-refractivity contribution >= 4 is 17.2 Å². The highest BCUT2D eigenvalue weighted by atomic mass is 16.5. The van der Waals surface area contributed by atoms with Crippen molar-refractivity contribution in [1.29, 1.82) is 0 Å². The molecule has 3 aromatic rings. The van der Waals surface area contributed by atoms with Crippen LogP contribution < -0.4 is 9.47 Å². The molecular weight excluding hydrogens is 290 g/mol. The molecule has 0 aliphatic heterocycles. The molecule has 0 spiro atoms. The maximum Gasteiger partial charge on any atom is 0.161 e. The van der Waals surface area contributed by atoms with Gasteiger partial charge in [-0.3, -0.25) is 0 Å². The summed E-state index contributed by atoms with van der Waals surface area (Å²) in [5.74, 6) is 1.38. The number of ether oxygens (including phenoxy) is 2. The molecule has 0 bridgehead atoms. The second kappa shape index (κ2) is 6.12. The zero-order valence-corrected chi connectivity index (χ0v) is 13.7. The summed E-state index contributed by atoms with van der Waals surface area (Å²) in [5, 5.41) is 4.50. The summed E-state index contributed by atoms with van der Waals surface area (Å²) in [4.78, 5) is 4.40. The highest BCUT2D eigenvalue weighted by molar-refractivity contribution is 5.82. The molecule has 0 fully saturated rings. The van der Waals surface area contributed by atoms with Gasteiger partial charge in [0.1, 0.15) is 6.33 Å². The molecular formula is C18H19N3O2. The maximum absolute atomic E-state index is 5.31. The first kappa shape index (κ1) is 15.1. The van der Waals surface area contributed by atoms with Crippen molar-refractivity contribution in [2.24, 2.45) is 5.10 Å². The lowest BCUT2D eigenvalue weighted by atomic mass is 10.1. The van der Waals surface area contributed by atoms with Gasteiger partial charge in [-0.05, 0) is 60.9 Å². The van der Waals surface area contributed by atoms with E-state index in [1.165, 1.54) is 11.1 Å². The Morgan fingerprint density at radius 1 is 1.00 bits per heavy atom. The van der Waals surface area contributed by atoms with Crippen molar-refractivity contribution in [1.82, 2.24) is 9.66 Å². The van der Waals surface area contributed by atoms with Crippen molar-refractivity contribution in [3.63, 3.8) is 0 Å². The van der Waals surface area contributed by atoms with Crippen molar-refractivity contribution in [2.45, 2.75) is 13.8 Å². The normalized spacial score (nSPS) is 11.3. The Balaban J connectivity index is 1.95. The van der Waals surface area contributed by atoms with Crippen LogP contribution in [0.4, 0.5) is 0 Å². The molecule has 5 heteroatoms. The summed E-state index contributed by atoms with van der Waals surface area (Å²) in [6, 6.07) is 9.85. The van der Waals surface area contributed by atoms with E-state index < -0.39 is 0 Å². The number of hydrogen-bond acceptors (Lipinski definition) is 4. The third kappa shape index (κ3) is 2.90. The highest BCUT2D eigenvalue weighted by Gasteiger charge is 2.05. The van der Waals surface area contributed by atoms with Crippen LogP contribution in [0.15, 0.2) is 41.8 Å². The highest BCUT2D eigenvalue weighted by Crippen LogP contribution is 2.27. The Kier molecular flexibility index (Phi) is 4.02. The van der Waals surface area contributed by atoms with Crippen LogP contribution in [-0.2, 0) is 0 Å². The largest absolute Gasteiger partial charge is 0.493 e. The zero-order chi connectivity index (χ0) is 16.4. The van der Waals surface area contributed by atoms with Crippen LogP contribution in [0.1, 0.15) is 16.7 Å². The van der Waals surface area contributed by atoms with Gasteiger partial charge in [-0.1, -0.05) is 0 Å². The number of benzene rings is 2. The Bertz CT molecular complexity index is 881. The predicted molar refractivity (Wildman–Crippen MR) is 91.7 cm³/mol. The van der Waals surface area contributed by atoms with E-state index in [-0.39, 0.29) is 0 Å². The Hall–Kier alpha value is -2.82. The molecule has 0 atom stereocenters. The Morgan fingerprint density at radius 3 is 2.48 bits per heavy atom. The minimum atomic E-state index is 0.679. The van der Waals surface area contributed by atoms with E-state index in [0.717, 1.165) is 16.6 Å². The minimum Gasteiger partial charge on any atom is -0.493 e. The predicted octanol–water partition coefficient (Wildman–Crippen LogP) is 3.55. The second-order valence-corrected chi connectivity index (χ2v) is 5.37. The Labute approximate surface area is 135 Å². The quantitative estimate of drug-likeness (QED) is 0.692. The van der Waals surface area contributed by atoms with E-state index in [1.54, 1.807) is 31.4 Å². The van der Waals surface area contributed by atoms with E-state index in [9.17, 15) is 0 Å². The monoisotopic (exact) mass is 309 g/mol. The van der Waals surface area contributed by atoms with Crippen molar-refractivity contribution < 1.29 is 9.47 Å². The number of hydrogen-bond donors (Lipinski definition) is 0. The average Bonchev–Trinajstić information content (AvgIpc) is 2.95. The lowest BCUT2D eigenvalue weighted by Gasteiger charge is -2.07. The van der Waals surface area contributed by atoms with Crippen molar-refractivity contribution in [3.05, 3.63) is 53.3 Å². The lowest BCUT2D eigenvalue weighted by Crippen LogP contribution is -1.93. The van der Waals surface area contributed by atoms with Crippen LogP contribution in [0.25, 0.3) is 11.0 Å². The van der Waals surface area contributed by atoms with Crippen LogP contribution in [0, 0.1) is 13.8 Å². The first-order valence-electron chi connectivity index (χ1n) is 7.33. The minimum absolute atomic E-state index is 0.679. The van der Waals surface area contributed by atoms with Gasteiger partial charge in [-0.15, -0.1) is 0 Å². The summed E-state index contributed by atoms with van der Waals surface area (Å²) in [5.41, 5.74) is 5.31. The summed E-state index contributed by atoms with van der Waals surface area (Å²) in [6.07, 6.45) is 3.50. The zero-order valence-electron chi connectivity index (χ0n) is 13.7. The number of imidazole rings is 1. The number of methoxy groups -OCH3 is 2. The van der Waals surface area contributed by atoms with Gasteiger partial charge in [0, 0.05) is 0 Å². The van der Waals surface area contributed by atoms with Crippen LogP contribution >= 0.6 is 0 Å². The lowest BCUT2D eigenvalue weighted by molar-refractivity contribution is 0.355. The molecule has 0 amide bonds. The van der Waals surface area contributed by atoms with E-state index in [1.807, 2.05) is 18.2 Å². The molecule has 0 aliphatic carbocycles. The molecule has 23 heavy (non-hydrogen) atoms. The smallest absolute Gasteiger partial charge is 0.161 e. The third-order valence-electron chi connectivity index (χ3n) is 3.88. The second-order valence-electron chi connectivity index (χ2n) is 5.37. The summed E-state index contributed by atoms with van der Waals surface area (Å²) in [7, 11) is 3.24. The van der Waals surface area contributed by atoms with Gasteiger partial charge in [0.2, 0.25) is 0 Å². The van der Waals surface area contributed by atoms with Gasteiger partial charge >= 0.3 is 0 Å². The van der Waals surface area contributed by atoms with Gasteiger partial charge in [-0.2, -0.15) is 5.10 Å². The number of aryl methyl sites for hydroxylation is 2. The van der Waals surface area contributed by atoms with E-state index in [2.05, 4.69) is 36.1 Å². The molecule has 0 radical (unpaired) electrons. The van der Waals surface area contributed by atoms with Gasteiger partial charge in [0.25, 0.3) is 0 Å². The fourth-order valence-corrected chi connectivity index (χ4v) is 2.41. The van der Waals surface area contributed by atoms with Gasteiger partial charge in [-0.25, -0.2) is 9.66 Å². The number of fused-ring (bicyclic) bond motifs is 1. The van der Waals surface area contributed by atoms with Crippen molar-refractivity contribution in [3.8, 4) is 11.5 Å². The number of aromatic nitrogens is 2. The SMILES string of the molecule is COc1ccc(C=Nn2cnc3cc(C)c(C)cc32)cc1OC. The first-order valence-corrected chi connectivity index (χ1v) is 7.33. The molecule has 118 valence electrons. The van der Waals surface area contributed by atoms with E-state index in [0.29, 0.717) is 11.5 Å². The van der Waals surface area contributed by atoms with Gasteiger partial charge in [0.15, 0.2) is 11.5 Å². The average molecular weight is 309 g/mol. The van der Waals surface area contributed by atoms with Gasteiger partial charge in [0.05, 0.1) is 31.5 Å². The molecule has 1 aromatic heterocycles. The van der Waals surface area contributed by atoms with Crippen LogP contribution in [0.2, 0.25) is 0 Å². The standard InChI is InChI=1S/C18H19N3O2/c1-12-7-15-16(8-13(12)2)21(11-19-15)20-10-14-5-6-17(22-3)18(9-14)23-4/h5-11H,1-4H3. The number of nitrogens with zero attached hydrogens (tertiary/aromatic N) is 3. The molecule has 2 aromatic carbocycles. The summed E-state index contributed by atoms with van der Waals surface area (Å²) < 4.78 is 12.3. The summed E-state index contributed by atoms with van der Waals surface area (Å²) in [6.45, 7) is 4.17. The molecule has 0 unspecified atom stereocenters. The fraction of sp³-hybridized carbons (Fsp3) is 0.222. The third-order valence-corrected chi connectivity index (χ3v) is 3.88. The Morgan fingerprint density at radius 2 is 1.74 bits per heavy atom. The number of rotatable bonds is 4. The summed E-state index contributed by atoms with van der Waals surface area (Å²) >= 11 is 0. The molecule has 0 saturated carbocycles. The van der Waals surface area contributed by atoms with E-state index >= 15 is 0 Å². The topological polar surface area (TPSA) is 48.6 Å². The van der Waals surface area contributed by atoms with Crippen molar-refractivity contribution in [2.75, 3.05) is 14.2 Å². The fourth-order valence-electron chi connectivity index (χ4n) is 2.41. The van der Waals surface area contributed by atoms with E-state index in [4.69, 9.17) is 9.47 Å². The molecule has 5 nitrogen and oxygen atoms in total.